The van der Waals surface area contributed by atoms with E-state index in [0.29, 0.717) is 12.6 Å². The number of rotatable bonds is 5. The molecule has 1 fully saturated rings. The van der Waals surface area contributed by atoms with Gasteiger partial charge in [0, 0.05) is 24.9 Å². The fourth-order valence-electron chi connectivity index (χ4n) is 1.59. The smallest absolute Gasteiger partial charge is 0.151 e. The van der Waals surface area contributed by atoms with Gasteiger partial charge < -0.3 is 10.6 Å². The maximum Gasteiger partial charge on any atom is 0.151 e. The molecule has 0 saturated carbocycles. The summed E-state index contributed by atoms with van der Waals surface area (Å²) < 4.78 is 22.4. The third kappa shape index (κ3) is 4.39. The van der Waals surface area contributed by atoms with E-state index in [9.17, 15) is 8.42 Å². The Labute approximate surface area is 86.4 Å². The van der Waals surface area contributed by atoms with E-state index >= 15 is 0 Å². The second-order valence-electron chi connectivity index (χ2n) is 3.73. The van der Waals surface area contributed by atoms with E-state index in [0.717, 1.165) is 19.5 Å². The van der Waals surface area contributed by atoms with Gasteiger partial charge in [-0.05, 0) is 19.4 Å². The van der Waals surface area contributed by atoms with E-state index in [-0.39, 0.29) is 11.5 Å². The topological polar surface area (TPSA) is 58.2 Å². The Morgan fingerprint density at radius 1 is 1.50 bits per heavy atom. The van der Waals surface area contributed by atoms with E-state index in [2.05, 4.69) is 10.6 Å². The molecule has 1 unspecified atom stereocenters. The van der Waals surface area contributed by atoms with Crippen LogP contribution in [0.25, 0.3) is 0 Å². The van der Waals surface area contributed by atoms with Gasteiger partial charge in [-0.25, -0.2) is 8.42 Å². The van der Waals surface area contributed by atoms with Crippen molar-refractivity contribution in [3.63, 3.8) is 0 Å². The number of piperidine rings is 1. The van der Waals surface area contributed by atoms with Crippen molar-refractivity contribution >= 4 is 9.84 Å². The summed E-state index contributed by atoms with van der Waals surface area (Å²) in [6.45, 7) is 4.33. The van der Waals surface area contributed by atoms with E-state index < -0.39 is 9.84 Å². The molecule has 1 saturated heterocycles. The second-order valence-corrected chi connectivity index (χ2v) is 6.21. The van der Waals surface area contributed by atoms with E-state index in [4.69, 9.17) is 0 Å². The molecule has 0 aromatic heterocycles. The molecule has 0 bridgehead atoms. The summed E-state index contributed by atoms with van der Waals surface area (Å²) in [5, 5.41) is 6.55. The minimum Gasteiger partial charge on any atom is -0.315 e. The normalized spacial score (nSPS) is 23.6. The van der Waals surface area contributed by atoms with Gasteiger partial charge in [-0.15, -0.1) is 0 Å². The van der Waals surface area contributed by atoms with Crippen molar-refractivity contribution in [1.29, 1.82) is 0 Å². The predicted octanol–water partition coefficient (Wildman–Crippen LogP) is -0.237. The van der Waals surface area contributed by atoms with Gasteiger partial charge in [-0.1, -0.05) is 6.92 Å². The summed E-state index contributed by atoms with van der Waals surface area (Å²) >= 11 is 0. The maximum atomic E-state index is 11.2. The first-order chi connectivity index (χ1) is 6.64. The van der Waals surface area contributed by atoms with E-state index in [1.807, 2.05) is 0 Å². The Balaban J connectivity index is 2.14. The number of sulfone groups is 1. The van der Waals surface area contributed by atoms with Gasteiger partial charge in [0.15, 0.2) is 9.84 Å². The van der Waals surface area contributed by atoms with Gasteiger partial charge in [0.25, 0.3) is 0 Å². The van der Waals surface area contributed by atoms with Crippen LogP contribution in [0.1, 0.15) is 19.8 Å². The van der Waals surface area contributed by atoms with Crippen molar-refractivity contribution in [3.8, 4) is 0 Å². The SMILES string of the molecule is CCS(=O)(=O)CCNC1CCCNC1. The van der Waals surface area contributed by atoms with Crippen LogP contribution in [-0.2, 0) is 9.84 Å². The molecule has 0 amide bonds. The van der Waals surface area contributed by atoms with Gasteiger partial charge in [0.1, 0.15) is 0 Å². The lowest BCUT2D eigenvalue weighted by Crippen LogP contribution is -2.44. The number of hydrogen-bond donors (Lipinski definition) is 2. The molecule has 14 heavy (non-hydrogen) atoms. The number of hydrogen-bond acceptors (Lipinski definition) is 4. The Morgan fingerprint density at radius 3 is 2.86 bits per heavy atom. The largest absolute Gasteiger partial charge is 0.315 e. The van der Waals surface area contributed by atoms with Crippen LogP contribution in [0.5, 0.6) is 0 Å². The molecule has 84 valence electrons. The summed E-state index contributed by atoms with van der Waals surface area (Å²) in [7, 11) is -2.80. The Kier molecular flexibility index (Phi) is 4.84. The zero-order chi connectivity index (χ0) is 10.4. The summed E-state index contributed by atoms with van der Waals surface area (Å²) in [4.78, 5) is 0. The highest BCUT2D eigenvalue weighted by atomic mass is 32.2. The molecule has 0 aromatic rings. The standard InChI is InChI=1S/C9H20N2O2S/c1-2-14(12,13)7-6-11-9-4-3-5-10-8-9/h9-11H,2-8H2,1H3. The minimum absolute atomic E-state index is 0.248. The van der Waals surface area contributed by atoms with Crippen molar-refractivity contribution < 1.29 is 8.42 Å². The average molecular weight is 220 g/mol. The minimum atomic E-state index is -2.80. The molecule has 1 rings (SSSR count). The van der Waals surface area contributed by atoms with Crippen molar-refractivity contribution in [2.24, 2.45) is 0 Å². The predicted molar refractivity (Wildman–Crippen MR) is 58.2 cm³/mol. The van der Waals surface area contributed by atoms with E-state index in [1.54, 1.807) is 6.92 Å². The van der Waals surface area contributed by atoms with Crippen LogP contribution < -0.4 is 10.6 Å². The zero-order valence-electron chi connectivity index (χ0n) is 8.75. The molecule has 2 N–H and O–H groups in total. The molecule has 1 heterocycles. The fourth-order valence-corrected chi connectivity index (χ4v) is 2.31. The van der Waals surface area contributed by atoms with Crippen LogP contribution in [0.3, 0.4) is 0 Å². The van der Waals surface area contributed by atoms with Crippen LogP contribution in [0, 0.1) is 0 Å². The highest BCUT2D eigenvalue weighted by Gasteiger charge is 2.13. The highest BCUT2D eigenvalue weighted by Crippen LogP contribution is 2.00. The van der Waals surface area contributed by atoms with Crippen molar-refractivity contribution in [3.05, 3.63) is 0 Å². The molecule has 1 aliphatic rings. The molecule has 1 atom stereocenters. The van der Waals surface area contributed by atoms with Crippen LogP contribution in [0.2, 0.25) is 0 Å². The van der Waals surface area contributed by atoms with Gasteiger partial charge in [0.05, 0.1) is 5.75 Å². The highest BCUT2D eigenvalue weighted by molar-refractivity contribution is 7.91. The third-order valence-electron chi connectivity index (χ3n) is 2.58. The quantitative estimate of drug-likeness (QED) is 0.671. The second kappa shape index (κ2) is 5.68. The zero-order valence-corrected chi connectivity index (χ0v) is 9.57. The third-order valence-corrected chi connectivity index (χ3v) is 4.29. The Bertz CT molecular complexity index is 246. The van der Waals surface area contributed by atoms with Gasteiger partial charge in [-0.3, -0.25) is 0 Å². The molecular weight excluding hydrogens is 200 g/mol. The van der Waals surface area contributed by atoms with Crippen LogP contribution in [0.4, 0.5) is 0 Å². The first kappa shape index (κ1) is 11.9. The Morgan fingerprint density at radius 2 is 2.29 bits per heavy atom. The summed E-state index contributed by atoms with van der Waals surface area (Å²) in [6, 6.07) is 0.454. The van der Waals surface area contributed by atoms with Gasteiger partial charge >= 0.3 is 0 Å². The van der Waals surface area contributed by atoms with Crippen molar-refractivity contribution in [2.45, 2.75) is 25.8 Å². The lowest BCUT2D eigenvalue weighted by atomic mass is 10.1. The van der Waals surface area contributed by atoms with Crippen LogP contribution >= 0.6 is 0 Å². The summed E-state index contributed by atoms with van der Waals surface area (Å²) in [6.07, 6.45) is 2.33. The van der Waals surface area contributed by atoms with Crippen LogP contribution in [0.15, 0.2) is 0 Å². The first-order valence-electron chi connectivity index (χ1n) is 5.28. The molecule has 4 nitrogen and oxygen atoms in total. The molecule has 0 aromatic carbocycles. The van der Waals surface area contributed by atoms with Gasteiger partial charge in [0.2, 0.25) is 0 Å². The van der Waals surface area contributed by atoms with Gasteiger partial charge in [-0.2, -0.15) is 0 Å². The van der Waals surface area contributed by atoms with Crippen molar-refractivity contribution in [1.82, 2.24) is 10.6 Å². The molecule has 0 radical (unpaired) electrons. The summed E-state index contributed by atoms with van der Waals surface area (Å²) in [5.41, 5.74) is 0. The lowest BCUT2D eigenvalue weighted by molar-refractivity contribution is 0.397. The monoisotopic (exact) mass is 220 g/mol. The van der Waals surface area contributed by atoms with Crippen molar-refractivity contribution in [2.75, 3.05) is 31.1 Å². The number of nitrogens with one attached hydrogen (secondary N) is 2. The fraction of sp³-hybridized carbons (Fsp3) is 1.00. The molecule has 5 heteroatoms. The van der Waals surface area contributed by atoms with E-state index in [1.165, 1.54) is 6.42 Å². The van der Waals surface area contributed by atoms with Crippen LogP contribution in [-0.4, -0.2) is 45.6 Å². The summed E-state index contributed by atoms with van der Waals surface area (Å²) in [5.74, 6) is 0.512. The lowest BCUT2D eigenvalue weighted by Gasteiger charge is -2.23. The molecule has 0 aliphatic carbocycles. The molecule has 1 aliphatic heterocycles. The maximum absolute atomic E-state index is 11.2. The average Bonchev–Trinajstić information content (AvgIpc) is 2.19. The molecule has 0 spiro atoms. The Hall–Kier alpha value is -0.130. The first-order valence-corrected chi connectivity index (χ1v) is 7.10. The molecular formula is C9H20N2O2S.